The number of terminal acetylenes is 1. The number of aromatic nitrogens is 4. The van der Waals surface area contributed by atoms with Gasteiger partial charge < -0.3 is 55.1 Å². The molecule has 1 saturated carbocycles. The number of benzene rings is 3. The van der Waals surface area contributed by atoms with E-state index in [2.05, 4.69) is 64.8 Å². The lowest BCUT2D eigenvalue weighted by atomic mass is 9.86. The lowest BCUT2D eigenvalue weighted by Crippen LogP contribution is -2.53. The Morgan fingerprint density at radius 2 is 1.70 bits per heavy atom. The van der Waals surface area contributed by atoms with Crippen LogP contribution in [-0.2, 0) is 20.9 Å². The molecule has 3 aromatic heterocycles. The molecule has 3 aromatic carbocycles. The third-order valence-electron chi connectivity index (χ3n) is 16.6. The molecule has 4 atom stereocenters. The number of hydrogen-bond donors (Lipinski definition) is 5. The first-order valence-corrected chi connectivity index (χ1v) is 30.8. The number of pyridine rings is 1. The number of halogens is 3. The summed E-state index contributed by atoms with van der Waals surface area (Å²) in [6.45, 7) is 14.5. The molecule has 2 bridgehead atoms. The number of unbranched alkanes of at least 4 members (excludes halogenated alkanes) is 3. The average molecular weight is 1210 g/mol. The lowest BCUT2D eigenvalue weighted by Gasteiger charge is -2.35. The topological polar surface area (TPSA) is 207 Å². The number of alkyl halides is 1. The molecule has 462 valence electrons. The number of hydrogen-bond acceptors (Lipinski definition) is 17. The number of carbonyl (C=O) groups excluding carboxylic acids is 3. The molecular weight excluding hydrogens is 1120 g/mol. The molecule has 0 radical (unpaired) electrons. The van der Waals surface area contributed by atoms with E-state index in [1.54, 1.807) is 29.5 Å². The number of aliphatic hydroxyl groups excluding tert-OH is 1. The van der Waals surface area contributed by atoms with Gasteiger partial charge in [-0.25, -0.2) is 18.2 Å². The van der Waals surface area contributed by atoms with Gasteiger partial charge in [0.25, 0.3) is 0 Å². The molecule has 5 fully saturated rings. The summed E-state index contributed by atoms with van der Waals surface area (Å²) in [4.78, 5) is 58.8. The van der Waals surface area contributed by atoms with Gasteiger partial charge in [-0.3, -0.25) is 14.6 Å². The van der Waals surface area contributed by atoms with Crippen molar-refractivity contribution in [1.29, 1.82) is 0 Å². The number of aliphatic hydroxyl groups is 1. The van der Waals surface area contributed by atoms with Gasteiger partial charge in [0.2, 0.25) is 5.91 Å². The van der Waals surface area contributed by atoms with E-state index in [1.807, 2.05) is 40.3 Å². The van der Waals surface area contributed by atoms with Crippen molar-refractivity contribution in [3.8, 4) is 51.6 Å². The summed E-state index contributed by atoms with van der Waals surface area (Å²) in [5, 5.41) is 28.8. The van der Waals surface area contributed by atoms with E-state index in [1.165, 1.54) is 29.1 Å². The molecule has 21 heteroatoms. The number of phenolic OH excluding ortho intramolecular Hbond substituents is 1. The number of likely N-dealkylation sites (N-methyl/N-ethyl adjacent to an activating group) is 1. The van der Waals surface area contributed by atoms with Crippen LogP contribution < -0.4 is 30.3 Å². The fraction of sp³-hybridized carbons (Fsp3) is 0.523. The predicted molar refractivity (Wildman–Crippen MR) is 331 cm³/mol. The van der Waals surface area contributed by atoms with Crippen molar-refractivity contribution >= 4 is 57.3 Å². The van der Waals surface area contributed by atoms with E-state index in [0.29, 0.717) is 66.3 Å². The second-order valence-corrected chi connectivity index (χ2v) is 24.7. The molecule has 5 aliphatic rings. The quantitative estimate of drug-likeness (QED) is 0.0291. The monoisotopic (exact) mass is 1200 g/mol. The number of ether oxygens (including phenoxy) is 2. The second-order valence-electron chi connectivity index (χ2n) is 23.9. The lowest BCUT2D eigenvalue weighted by molar-refractivity contribution is -0.138. The average Bonchev–Trinajstić information content (AvgIpc) is 1.15. The van der Waals surface area contributed by atoms with Gasteiger partial charge in [0, 0.05) is 81.2 Å². The van der Waals surface area contributed by atoms with Gasteiger partial charge in [0.05, 0.1) is 45.7 Å². The summed E-state index contributed by atoms with van der Waals surface area (Å²) >= 11 is 1.65. The number of aryl methyl sites for hydroxylation is 1. The third-order valence-corrected chi connectivity index (χ3v) is 17.5. The van der Waals surface area contributed by atoms with Crippen LogP contribution in [0.4, 0.5) is 19.0 Å². The number of aldehydes is 2. The zero-order valence-corrected chi connectivity index (χ0v) is 51.4. The molecule has 4 aliphatic heterocycles. The van der Waals surface area contributed by atoms with Gasteiger partial charge in [-0.05, 0) is 132 Å². The standard InChI is InChI=1S/C48H52F2N8O3S.C12H22N2O2.C4H5FO.CH4O/c1-4-37-40(49)14-11-30-21-35(59)23-38(42(30)37)44-43(50)45-39(25-52-44)47(58-26-33-12-13-34(27-58)54-33)56-48(55-45)61-36-15-18-57(19-16-36)17-7-5-6-8-20-60-41-22-31(9-10-32(41)24-51-3)46-29(2)53-28-62-46;1-12(2,3)10(13-4)11(16)14-7-5-6-9(14)8-15;5-4(3-6)1-2-4;1-2/h1,9-11,14,21-23,25,28,33-34,36,51,54,59H,5-8,12-13,15-20,24,26-27H2,2-3H3;8-10,13H,5-7H2,1-4H3;3H,1-2H2;2H,1H3/t;9-,10+;;/m.0../s1. The van der Waals surface area contributed by atoms with Crippen LogP contribution in [-0.4, -0.2) is 161 Å². The third kappa shape index (κ3) is 15.8. The zero-order valence-electron chi connectivity index (χ0n) is 50.6. The Kier molecular flexibility index (Phi) is 22.5. The molecular formula is C65H83F3N10O7S. The number of carbonyl (C=O) groups is 3. The Morgan fingerprint density at radius 3 is 2.33 bits per heavy atom. The number of likely N-dealkylation sites (tertiary alicyclic amines) is 2. The predicted octanol–water partition coefficient (Wildman–Crippen LogP) is 9.49. The van der Waals surface area contributed by atoms with Crippen LogP contribution in [0.3, 0.4) is 0 Å². The number of aromatic hydroxyl groups is 1. The Hall–Kier alpha value is -6.80. The number of piperidine rings is 1. The van der Waals surface area contributed by atoms with E-state index in [4.69, 9.17) is 26.0 Å². The van der Waals surface area contributed by atoms with Gasteiger partial charge in [-0.2, -0.15) is 9.97 Å². The number of thiazole rings is 1. The van der Waals surface area contributed by atoms with Crippen molar-refractivity contribution in [2.45, 2.75) is 147 Å². The molecule has 2 unspecified atom stereocenters. The molecule has 17 nitrogen and oxygen atoms in total. The van der Waals surface area contributed by atoms with Crippen LogP contribution in [0.1, 0.15) is 115 Å². The van der Waals surface area contributed by atoms with Crippen molar-refractivity contribution in [1.82, 2.24) is 45.7 Å². The van der Waals surface area contributed by atoms with E-state index >= 15 is 4.39 Å². The smallest absolute Gasteiger partial charge is 0.319 e. The number of phenols is 1. The Balaban J connectivity index is 0.000000334. The first-order chi connectivity index (χ1) is 41.4. The normalized spacial score (nSPS) is 19.3. The number of rotatable bonds is 19. The van der Waals surface area contributed by atoms with Crippen LogP contribution in [0, 0.1) is 36.3 Å². The van der Waals surface area contributed by atoms with Gasteiger partial charge in [-0.1, -0.05) is 57.7 Å². The number of amides is 1. The van der Waals surface area contributed by atoms with Crippen LogP contribution in [0.25, 0.3) is 43.4 Å². The molecule has 5 N–H and O–H groups in total. The van der Waals surface area contributed by atoms with Crippen molar-refractivity contribution in [3.05, 3.63) is 82.6 Å². The maximum atomic E-state index is 17.0. The first kappa shape index (κ1) is 65.2. The molecule has 1 amide bonds. The fourth-order valence-electron chi connectivity index (χ4n) is 11.9. The number of anilines is 1. The van der Waals surface area contributed by atoms with Gasteiger partial charge in [0.1, 0.15) is 46.7 Å². The highest BCUT2D eigenvalue weighted by molar-refractivity contribution is 7.13. The summed E-state index contributed by atoms with van der Waals surface area (Å²) in [6, 6.07) is 12.3. The summed E-state index contributed by atoms with van der Waals surface area (Å²) in [7, 11) is 4.74. The van der Waals surface area contributed by atoms with Crippen molar-refractivity contribution in [2.75, 3.05) is 72.0 Å². The molecule has 11 rings (SSSR count). The van der Waals surface area contributed by atoms with Crippen molar-refractivity contribution in [3.63, 3.8) is 0 Å². The van der Waals surface area contributed by atoms with E-state index < -0.39 is 17.3 Å². The number of piperazine rings is 1. The largest absolute Gasteiger partial charge is 0.508 e. The van der Waals surface area contributed by atoms with Gasteiger partial charge in [-0.15, -0.1) is 17.8 Å². The number of nitrogens with one attached hydrogen (secondary N) is 3. The van der Waals surface area contributed by atoms with E-state index in [-0.39, 0.29) is 63.6 Å². The number of fused-ring (bicyclic) bond motifs is 4. The minimum atomic E-state index is -1.39. The maximum absolute atomic E-state index is 17.0. The Bertz CT molecular complexity index is 3330. The summed E-state index contributed by atoms with van der Waals surface area (Å²) in [5.41, 5.74) is 3.81. The molecule has 6 aromatic rings. The fourth-order valence-corrected chi connectivity index (χ4v) is 12.7. The summed E-state index contributed by atoms with van der Waals surface area (Å²) in [5.74, 6) is 2.51. The minimum Gasteiger partial charge on any atom is -0.508 e. The van der Waals surface area contributed by atoms with Crippen LogP contribution in [0.15, 0.2) is 54.2 Å². The zero-order chi connectivity index (χ0) is 61.7. The molecule has 4 saturated heterocycles. The van der Waals surface area contributed by atoms with Crippen LogP contribution in [0.5, 0.6) is 17.5 Å². The van der Waals surface area contributed by atoms with E-state index in [9.17, 15) is 28.3 Å². The number of nitrogens with zero attached hydrogens (tertiary/aromatic N) is 7. The molecule has 86 heavy (non-hydrogen) atoms. The van der Waals surface area contributed by atoms with Crippen molar-refractivity contribution in [2.24, 2.45) is 5.41 Å². The highest BCUT2D eigenvalue weighted by atomic mass is 32.1. The molecule has 7 heterocycles. The summed E-state index contributed by atoms with van der Waals surface area (Å²) < 4.78 is 56.7. The second kappa shape index (κ2) is 29.7. The van der Waals surface area contributed by atoms with E-state index in [0.717, 1.165) is 139 Å². The Labute approximate surface area is 506 Å². The summed E-state index contributed by atoms with van der Waals surface area (Å²) in [6.07, 6.45) is 19.1. The van der Waals surface area contributed by atoms with Crippen LogP contribution >= 0.6 is 11.3 Å². The maximum Gasteiger partial charge on any atom is 0.319 e. The SMILES string of the molecule is C#Cc1c(F)ccc2cc(O)cc(-c3ncc4c(N5CC6CCC(C5)N6)nc(OC5CCN(CCCCCCOc6cc(-c7scnc7C)ccc6CNC)CC5)nc4c3F)c12.CN[C@H](C(=O)N1CCC[C@H]1C=O)C(C)(C)C.CO.O=CC1(F)CC1. The highest BCUT2D eigenvalue weighted by Crippen LogP contribution is 2.41. The Morgan fingerprint density at radius 1 is 0.965 bits per heavy atom. The minimum absolute atomic E-state index is 0.0293. The highest BCUT2D eigenvalue weighted by Gasteiger charge is 2.43. The van der Waals surface area contributed by atoms with Crippen molar-refractivity contribution < 1.29 is 47.2 Å². The van der Waals surface area contributed by atoms with Gasteiger partial charge in [0.15, 0.2) is 17.8 Å². The molecule has 1 aliphatic carbocycles. The molecule has 0 spiro atoms. The first-order valence-electron chi connectivity index (χ1n) is 30.0. The van der Waals surface area contributed by atoms with Crippen LogP contribution in [0.2, 0.25) is 0 Å². The van der Waals surface area contributed by atoms with Gasteiger partial charge >= 0.3 is 6.01 Å².